The van der Waals surface area contributed by atoms with Gasteiger partial charge in [-0.15, -0.1) is 6.58 Å². The van der Waals surface area contributed by atoms with E-state index in [1.54, 1.807) is 0 Å². The summed E-state index contributed by atoms with van der Waals surface area (Å²) in [5, 5.41) is 8.66. The average Bonchev–Trinajstić information content (AvgIpc) is 1.88. The number of allylic oxidation sites excluding steroid dienone is 2. The molecule has 10 heavy (non-hydrogen) atoms. The molecule has 0 aromatic heterocycles. The molecule has 0 saturated carbocycles. The molecule has 0 saturated heterocycles. The Morgan fingerprint density at radius 1 is 1.70 bits per heavy atom. The Balaban J connectivity index is 3.73. The molecular weight excluding hydrogens is 124 g/mol. The van der Waals surface area contributed by atoms with Crippen LogP contribution in [0.3, 0.4) is 0 Å². The van der Waals surface area contributed by atoms with Crippen LogP contribution >= 0.6 is 0 Å². The van der Waals surface area contributed by atoms with Crippen LogP contribution in [0.2, 0.25) is 0 Å². The predicted octanol–water partition coefficient (Wildman–Crippen LogP) is 2.14. The van der Waals surface area contributed by atoms with E-state index < -0.39 is 0 Å². The summed E-state index contributed by atoms with van der Waals surface area (Å²) in [6.45, 7) is 7.85. The van der Waals surface area contributed by atoms with Crippen molar-refractivity contribution in [1.29, 1.82) is 0 Å². The molecule has 1 nitrogen and oxygen atoms in total. The van der Waals surface area contributed by atoms with Crippen LogP contribution < -0.4 is 0 Å². The van der Waals surface area contributed by atoms with Crippen molar-refractivity contribution < 1.29 is 5.11 Å². The first-order chi connectivity index (χ1) is 4.70. The molecule has 0 amide bonds. The van der Waals surface area contributed by atoms with Gasteiger partial charge in [0.2, 0.25) is 0 Å². The van der Waals surface area contributed by atoms with E-state index in [4.69, 9.17) is 5.11 Å². The highest BCUT2D eigenvalue weighted by molar-refractivity contribution is 5.01. The van der Waals surface area contributed by atoms with Gasteiger partial charge in [0.05, 0.1) is 6.61 Å². The zero-order valence-electron chi connectivity index (χ0n) is 6.80. The largest absolute Gasteiger partial charge is 0.392 e. The quantitative estimate of drug-likeness (QED) is 0.593. The molecule has 0 heterocycles. The van der Waals surface area contributed by atoms with Gasteiger partial charge in [-0.2, -0.15) is 0 Å². The van der Waals surface area contributed by atoms with Crippen LogP contribution in [0.1, 0.15) is 20.3 Å². The molecule has 0 bridgehead atoms. The lowest BCUT2D eigenvalue weighted by atomic mass is 10.1. The average molecular weight is 140 g/mol. The molecule has 0 rings (SSSR count). The fraction of sp³-hybridized carbons (Fsp3) is 0.556. The summed E-state index contributed by atoms with van der Waals surface area (Å²) in [6, 6.07) is 0. The van der Waals surface area contributed by atoms with E-state index in [-0.39, 0.29) is 6.61 Å². The highest BCUT2D eigenvalue weighted by Crippen LogP contribution is 2.06. The van der Waals surface area contributed by atoms with Crippen molar-refractivity contribution in [2.45, 2.75) is 20.3 Å². The van der Waals surface area contributed by atoms with Gasteiger partial charge in [0.15, 0.2) is 0 Å². The first kappa shape index (κ1) is 9.44. The van der Waals surface area contributed by atoms with Gasteiger partial charge < -0.3 is 5.11 Å². The molecule has 0 fully saturated rings. The number of hydrogen-bond acceptors (Lipinski definition) is 1. The Morgan fingerprint density at radius 3 is 2.70 bits per heavy atom. The van der Waals surface area contributed by atoms with Crippen LogP contribution in [0.25, 0.3) is 0 Å². The van der Waals surface area contributed by atoms with E-state index in [0.29, 0.717) is 5.92 Å². The van der Waals surface area contributed by atoms with E-state index in [9.17, 15) is 0 Å². The molecule has 0 aliphatic carbocycles. The van der Waals surface area contributed by atoms with Crippen LogP contribution in [0.15, 0.2) is 24.3 Å². The molecule has 1 atom stereocenters. The minimum Gasteiger partial charge on any atom is -0.392 e. The summed E-state index contributed by atoms with van der Waals surface area (Å²) in [7, 11) is 0. The predicted molar refractivity (Wildman–Crippen MR) is 44.8 cm³/mol. The monoisotopic (exact) mass is 140 g/mol. The second-order valence-corrected chi connectivity index (χ2v) is 2.67. The van der Waals surface area contributed by atoms with E-state index in [1.165, 1.54) is 0 Å². The third-order valence-electron chi connectivity index (χ3n) is 1.36. The maximum atomic E-state index is 8.66. The summed E-state index contributed by atoms with van der Waals surface area (Å²) in [6.07, 6.45) is 4.95. The van der Waals surface area contributed by atoms with Gasteiger partial charge in [-0.1, -0.05) is 24.6 Å². The Hall–Kier alpha value is -0.560. The lowest BCUT2D eigenvalue weighted by Crippen LogP contribution is -1.91. The van der Waals surface area contributed by atoms with Crippen molar-refractivity contribution in [2.75, 3.05) is 6.61 Å². The molecule has 0 radical (unpaired) electrons. The van der Waals surface area contributed by atoms with Gasteiger partial charge >= 0.3 is 0 Å². The topological polar surface area (TPSA) is 20.2 Å². The van der Waals surface area contributed by atoms with E-state index in [0.717, 1.165) is 12.0 Å². The van der Waals surface area contributed by atoms with Crippen LogP contribution in [-0.4, -0.2) is 11.7 Å². The van der Waals surface area contributed by atoms with Crippen LogP contribution in [0, 0.1) is 5.92 Å². The zero-order chi connectivity index (χ0) is 7.98. The highest BCUT2D eigenvalue weighted by Gasteiger charge is 1.93. The lowest BCUT2D eigenvalue weighted by Gasteiger charge is -2.02. The molecule has 1 N–H and O–H groups in total. The molecule has 0 spiro atoms. The van der Waals surface area contributed by atoms with Gasteiger partial charge in [0.25, 0.3) is 0 Å². The van der Waals surface area contributed by atoms with Crippen molar-refractivity contribution in [3.8, 4) is 0 Å². The normalized spacial score (nSPS) is 14.9. The van der Waals surface area contributed by atoms with Crippen LogP contribution in [0.5, 0.6) is 0 Å². The maximum absolute atomic E-state index is 8.66. The maximum Gasteiger partial charge on any atom is 0.0639 e. The lowest BCUT2D eigenvalue weighted by molar-refractivity contribution is 0.330. The fourth-order valence-electron chi connectivity index (χ4n) is 0.869. The van der Waals surface area contributed by atoms with E-state index >= 15 is 0 Å². The number of aliphatic hydroxyl groups is 1. The van der Waals surface area contributed by atoms with E-state index in [1.807, 2.05) is 13.0 Å². The third-order valence-corrected chi connectivity index (χ3v) is 1.36. The molecule has 0 aromatic carbocycles. The zero-order valence-corrected chi connectivity index (χ0v) is 6.80. The second kappa shape index (κ2) is 5.24. The highest BCUT2D eigenvalue weighted by atomic mass is 16.3. The minimum atomic E-state index is 0.168. The van der Waals surface area contributed by atoms with Gasteiger partial charge in [0.1, 0.15) is 0 Å². The Morgan fingerprint density at radius 2 is 2.30 bits per heavy atom. The first-order valence-corrected chi connectivity index (χ1v) is 3.59. The van der Waals surface area contributed by atoms with Crippen molar-refractivity contribution in [3.05, 3.63) is 24.3 Å². The van der Waals surface area contributed by atoms with Gasteiger partial charge in [0, 0.05) is 0 Å². The number of rotatable bonds is 4. The molecular formula is C9H16O. The van der Waals surface area contributed by atoms with Crippen LogP contribution in [-0.2, 0) is 0 Å². The smallest absolute Gasteiger partial charge is 0.0639 e. The van der Waals surface area contributed by atoms with E-state index in [2.05, 4.69) is 19.6 Å². The molecule has 0 aromatic rings. The fourth-order valence-corrected chi connectivity index (χ4v) is 0.869. The summed E-state index contributed by atoms with van der Waals surface area (Å²) < 4.78 is 0. The molecule has 58 valence electrons. The Kier molecular flexibility index (Phi) is 4.95. The first-order valence-electron chi connectivity index (χ1n) is 3.59. The van der Waals surface area contributed by atoms with Gasteiger partial charge in [-0.3, -0.25) is 0 Å². The summed E-state index contributed by atoms with van der Waals surface area (Å²) in [4.78, 5) is 0. The Labute approximate surface area is 63.1 Å². The molecule has 1 heteroatoms. The standard InChI is InChI=1S/C9H16O/c1-4-5-8(2)6-9(3)7-10/h4,6,8,10H,1,5,7H2,2-3H3/b9-6+/t8-/m1/s1. The molecule has 0 aliphatic heterocycles. The van der Waals surface area contributed by atoms with Crippen molar-refractivity contribution >= 4 is 0 Å². The second-order valence-electron chi connectivity index (χ2n) is 2.67. The number of hydrogen-bond donors (Lipinski definition) is 1. The molecule has 0 aliphatic rings. The van der Waals surface area contributed by atoms with Gasteiger partial charge in [-0.05, 0) is 19.3 Å². The Bertz CT molecular complexity index is 125. The van der Waals surface area contributed by atoms with Crippen molar-refractivity contribution in [1.82, 2.24) is 0 Å². The van der Waals surface area contributed by atoms with Crippen molar-refractivity contribution in [3.63, 3.8) is 0 Å². The summed E-state index contributed by atoms with van der Waals surface area (Å²) in [5.41, 5.74) is 1.04. The summed E-state index contributed by atoms with van der Waals surface area (Å²) in [5.74, 6) is 0.504. The van der Waals surface area contributed by atoms with Crippen LogP contribution in [0.4, 0.5) is 0 Å². The SMILES string of the molecule is C=CC[C@@H](C)/C=C(\C)CO. The van der Waals surface area contributed by atoms with Crippen molar-refractivity contribution in [2.24, 2.45) is 5.92 Å². The van der Waals surface area contributed by atoms with Gasteiger partial charge in [-0.25, -0.2) is 0 Å². The third kappa shape index (κ3) is 4.33. The molecule has 0 unspecified atom stereocenters. The minimum absolute atomic E-state index is 0.168. The number of aliphatic hydroxyl groups excluding tert-OH is 1. The summed E-state index contributed by atoms with van der Waals surface area (Å²) >= 11 is 0.